The third kappa shape index (κ3) is 3.07. The fourth-order valence-electron chi connectivity index (χ4n) is 2.63. The van der Waals surface area contributed by atoms with Gasteiger partial charge in [0, 0.05) is 12.6 Å². The molecular formula is C13H17N5O4. The highest BCUT2D eigenvalue weighted by atomic mass is 16.6. The lowest BCUT2D eigenvalue weighted by Gasteiger charge is -2.23. The second-order valence-electron chi connectivity index (χ2n) is 5.68. The van der Waals surface area contributed by atoms with Gasteiger partial charge in [0.2, 0.25) is 11.8 Å². The minimum atomic E-state index is -0.560. The summed E-state index contributed by atoms with van der Waals surface area (Å²) < 4.78 is 1.23. The van der Waals surface area contributed by atoms with Gasteiger partial charge in [0.05, 0.1) is 4.92 Å². The molecule has 9 nitrogen and oxygen atoms in total. The van der Waals surface area contributed by atoms with Gasteiger partial charge in [-0.3, -0.25) is 24.4 Å². The van der Waals surface area contributed by atoms with Gasteiger partial charge in [-0.25, -0.2) is 0 Å². The number of likely N-dealkylation sites (tertiary alicyclic amines) is 1. The van der Waals surface area contributed by atoms with Gasteiger partial charge >= 0.3 is 5.69 Å². The molecule has 0 aromatic carbocycles. The van der Waals surface area contributed by atoms with Crippen LogP contribution >= 0.6 is 0 Å². The Bertz CT molecular complexity index is 609. The molecule has 1 aliphatic heterocycles. The van der Waals surface area contributed by atoms with E-state index < -0.39 is 11.0 Å². The number of nitrogens with one attached hydrogen (secondary N) is 1. The molecule has 22 heavy (non-hydrogen) atoms. The fraction of sp³-hybridized carbons (Fsp3) is 0.615. The lowest BCUT2D eigenvalue weighted by atomic mass is 10.2. The Hall–Kier alpha value is -2.45. The van der Waals surface area contributed by atoms with Gasteiger partial charge < -0.3 is 10.2 Å². The van der Waals surface area contributed by atoms with E-state index in [1.807, 2.05) is 0 Å². The second kappa shape index (κ2) is 5.74. The average molecular weight is 307 g/mol. The maximum absolute atomic E-state index is 12.3. The van der Waals surface area contributed by atoms with Crippen LogP contribution < -0.4 is 5.32 Å². The number of aromatic nitrogens is 2. The molecule has 2 amide bonds. The molecule has 0 radical (unpaired) electrons. The Balaban J connectivity index is 1.62. The van der Waals surface area contributed by atoms with E-state index in [0.717, 1.165) is 25.5 Å². The topological polar surface area (TPSA) is 110 Å². The largest absolute Gasteiger partial charge is 0.352 e. The SMILES string of the molecule is O=C(NC1CC1)[C@H]1CCCN1C(=O)Cn1cc([N+](=O)[O-])cn1. The predicted molar refractivity (Wildman–Crippen MR) is 74.8 cm³/mol. The van der Waals surface area contributed by atoms with Crippen molar-refractivity contribution in [1.82, 2.24) is 20.0 Å². The number of rotatable bonds is 5. The van der Waals surface area contributed by atoms with Crippen molar-refractivity contribution in [2.45, 2.75) is 44.3 Å². The van der Waals surface area contributed by atoms with Crippen LogP contribution in [0, 0.1) is 10.1 Å². The zero-order valence-corrected chi connectivity index (χ0v) is 12.0. The van der Waals surface area contributed by atoms with E-state index in [-0.39, 0.29) is 30.1 Å². The zero-order valence-electron chi connectivity index (χ0n) is 12.0. The first kappa shape index (κ1) is 14.5. The van der Waals surface area contributed by atoms with Gasteiger partial charge in [0.25, 0.3) is 0 Å². The minimum Gasteiger partial charge on any atom is -0.352 e. The van der Waals surface area contributed by atoms with Gasteiger partial charge in [-0.05, 0) is 25.7 Å². The molecular weight excluding hydrogens is 290 g/mol. The average Bonchev–Trinajstić information content (AvgIpc) is 2.99. The number of hydrogen-bond donors (Lipinski definition) is 1. The molecule has 1 N–H and O–H groups in total. The van der Waals surface area contributed by atoms with Crippen molar-refractivity contribution in [3.63, 3.8) is 0 Å². The Morgan fingerprint density at radius 1 is 1.41 bits per heavy atom. The summed E-state index contributed by atoms with van der Waals surface area (Å²) in [5.41, 5.74) is -0.155. The van der Waals surface area contributed by atoms with Gasteiger partial charge in [0.1, 0.15) is 25.0 Å². The van der Waals surface area contributed by atoms with E-state index in [4.69, 9.17) is 0 Å². The maximum Gasteiger partial charge on any atom is 0.307 e. The van der Waals surface area contributed by atoms with Gasteiger partial charge in [-0.2, -0.15) is 5.10 Å². The molecule has 1 aliphatic carbocycles. The molecule has 0 spiro atoms. The summed E-state index contributed by atoms with van der Waals surface area (Å²) >= 11 is 0. The van der Waals surface area contributed by atoms with Crippen LogP contribution in [0.3, 0.4) is 0 Å². The highest BCUT2D eigenvalue weighted by molar-refractivity contribution is 5.88. The summed E-state index contributed by atoms with van der Waals surface area (Å²) in [6.45, 7) is 0.437. The van der Waals surface area contributed by atoms with E-state index >= 15 is 0 Å². The molecule has 3 rings (SSSR count). The molecule has 2 aliphatic rings. The van der Waals surface area contributed by atoms with Crippen molar-refractivity contribution in [3.05, 3.63) is 22.5 Å². The third-order valence-corrected chi connectivity index (χ3v) is 3.93. The van der Waals surface area contributed by atoms with Crippen LogP contribution in [0.15, 0.2) is 12.4 Å². The second-order valence-corrected chi connectivity index (χ2v) is 5.68. The molecule has 9 heteroatoms. The molecule has 1 aromatic heterocycles. The monoisotopic (exact) mass is 307 g/mol. The molecule has 1 saturated carbocycles. The van der Waals surface area contributed by atoms with Crippen LogP contribution in [0.1, 0.15) is 25.7 Å². The molecule has 0 bridgehead atoms. The number of carbonyl (C=O) groups excluding carboxylic acids is 2. The highest BCUT2D eigenvalue weighted by Gasteiger charge is 2.36. The standard InChI is InChI=1S/C13H17N5O4/c19-12(8-16-7-10(6-14-16)18(21)22)17-5-1-2-11(17)13(20)15-9-3-4-9/h6-7,9,11H,1-5,8H2,(H,15,20)/t11-/m1/s1. The van der Waals surface area contributed by atoms with Crippen molar-refractivity contribution in [1.29, 1.82) is 0 Å². The summed E-state index contributed by atoms with van der Waals surface area (Å²) in [5, 5.41) is 17.3. The number of carbonyl (C=O) groups is 2. The molecule has 1 saturated heterocycles. The Kier molecular flexibility index (Phi) is 3.78. The van der Waals surface area contributed by atoms with Crippen molar-refractivity contribution < 1.29 is 14.5 Å². The summed E-state index contributed by atoms with van der Waals surface area (Å²) in [7, 11) is 0. The van der Waals surface area contributed by atoms with Crippen LogP contribution in [-0.4, -0.2) is 50.0 Å². The van der Waals surface area contributed by atoms with Crippen molar-refractivity contribution in [2.24, 2.45) is 0 Å². The fourth-order valence-corrected chi connectivity index (χ4v) is 2.63. The Morgan fingerprint density at radius 3 is 2.82 bits per heavy atom. The van der Waals surface area contributed by atoms with Gasteiger partial charge in [0.15, 0.2) is 0 Å². The smallest absolute Gasteiger partial charge is 0.307 e. The van der Waals surface area contributed by atoms with E-state index in [0.29, 0.717) is 13.0 Å². The maximum atomic E-state index is 12.3. The van der Waals surface area contributed by atoms with Crippen molar-refractivity contribution in [2.75, 3.05) is 6.54 Å². The molecule has 1 aromatic rings. The third-order valence-electron chi connectivity index (χ3n) is 3.93. The molecule has 0 unspecified atom stereocenters. The summed E-state index contributed by atoms with van der Waals surface area (Å²) in [4.78, 5) is 36.1. The zero-order chi connectivity index (χ0) is 15.7. The summed E-state index contributed by atoms with van der Waals surface area (Å²) in [6, 6.07) is -0.169. The minimum absolute atomic E-state index is 0.0962. The first-order chi connectivity index (χ1) is 10.5. The van der Waals surface area contributed by atoms with Crippen LogP contribution in [0.25, 0.3) is 0 Å². The van der Waals surface area contributed by atoms with Crippen LogP contribution in [0.2, 0.25) is 0 Å². The number of nitro groups is 1. The summed E-state index contributed by atoms with van der Waals surface area (Å²) in [6.07, 6.45) is 5.77. The van der Waals surface area contributed by atoms with Crippen LogP contribution in [0.4, 0.5) is 5.69 Å². The van der Waals surface area contributed by atoms with E-state index in [1.165, 1.54) is 10.9 Å². The highest BCUT2D eigenvalue weighted by Crippen LogP contribution is 2.22. The van der Waals surface area contributed by atoms with Gasteiger partial charge in [-0.15, -0.1) is 0 Å². The first-order valence-corrected chi connectivity index (χ1v) is 7.31. The normalized spacial score (nSPS) is 20.9. The Labute approximate surface area is 126 Å². The lowest BCUT2D eigenvalue weighted by Crippen LogP contribution is -2.47. The van der Waals surface area contributed by atoms with E-state index in [2.05, 4.69) is 10.4 Å². The Morgan fingerprint density at radius 2 is 2.18 bits per heavy atom. The van der Waals surface area contributed by atoms with Crippen molar-refractivity contribution >= 4 is 17.5 Å². The van der Waals surface area contributed by atoms with E-state index in [9.17, 15) is 19.7 Å². The first-order valence-electron chi connectivity index (χ1n) is 7.31. The number of hydrogen-bond acceptors (Lipinski definition) is 5. The van der Waals surface area contributed by atoms with Crippen LogP contribution in [-0.2, 0) is 16.1 Å². The molecule has 118 valence electrons. The van der Waals surface area contributed by atoms with Crippen LogP contribution in [0.5, 0.6) is 0 Å². The number of nitrogens with zero attached hydrogens (tertiary/aromatic N) is 4. The van der Waals surface area contributed by atoms with Crippen molar-refractivity contribution in [3.8, 4) is 0 Å². The molecule has 2 heterocycles. The predicted octanol–water partition coefficient (Wildman–Crippen LogP) is 0.0609. The van der Waals surface area contributed by atoms with Gasteiger partial charge in [-0.1, -0.05) is 0 Å². The summed E-state index contributed by atoms with van der Waals surface area (Å²) in [5.74, 6) is -0.341. The number of amides is 2. The molecule has 1 atom stereocenters. The van der Waals surface area contributed by atoms with E-state index in [1.54, 1.807) is 4.90 Å². The molecule has 2 fully saturated rings. The quantitative estimate of drug-likeness (QED) is 0.611. The lowest BCUT2D eigenvalue weighted by molar-refractivity contribution is -0.385.